The number of likely N-dealkylation sites (tertiary alicyclic amines) is 1. The fourth-order valence-corrected chi connectivity index (χ4v) is 4.79. The molecule has 0 unspecified atom stereocenters. The number of thiophene rings is 1. The van der Waals surface area contributed by atoms with E-state index >= 15 is 0 Å². The molecule has 6 heteroatoms. The minimum atomic E-state index is -0.827. The fraction of sp³-hybridized carbons (Fsp3) is 0.647. The number of ether oxygens (including phenoxy) is 1. The second-order valence-electron chi connectivity index (χ2n) is 6.61. The number of fused-ring (bicyclic) bond motifs is 1. The molecule has 1 N–H and O–H groups in total. The van der Waals surface area contributed by atoms with Gasteiger partial charge in [0.2, 0.25) is 0 Å². The molecule has 3 rings (SSSR count). The van der Waals surface area contributed by atoms with Crippen LogP contribution >= 0.6 is 11.3 Å². The van der Waals surface area contributed by atoms with Gasteiger partial charge in [-0.3, -0.25) is 9.59 Å². The third-order valence-corrected chi connectivity index (χ3v) is 6.25. The summed E-state index contributed by atoms with van der Waals surface area (Å²) in [6, 6.07) is 1.98. The quantitative estimate of drug-likeness (QED) is 0.917. The second kappa shape index (κ2) is 6.24. The highest BCUT2D eigenvalue weighted by Gasteiger charge is 2.55. The molecule has 5 nitrogen and oxygen atoms in total. The van der Waals surface area contributed by atoms with Crippen LogP contribution in [0.25, 0.3) is 0 Å². The van der Waals surface area contributed by atoms with Crippen molar-refractivity contribution >= 4 is 23.2 Å². The number of hydrogen-bond donors (Lipinski definition) is 1. The first-order chi connectivity index (χ1) is 11.0. The summed E-state index contributed by atoms with van der Waals surface area (Å²) in [4.78, 5) is 28.3. The number of carboxylic acid groups (broad SMARTS) is 1. The van der Waals surface area contributed by atoms with E-state index in [1.165, 1.54) is 21.8 Å². The average Bonchev–Trinajstić information content (AvgIpc) is 3.09. The van der Waals surface area contributed by atoms with Crippen LogP contribution in [-0.2, 0) is 16.0 Å². The van der Waals surface area contributed by atoms with Crippen molar-refractivity contribution in [3.8, 4) is 0 Å². The summed E-state index contributed by atoms with van der Waals surface area (Å²) >= 11 is 1.52. The predicted octanol–water partition coefficient (Wildman–Crippen LogP) is 2.57. The maximum atomic E-state index is 12.8. The Bertz CT molecular complexity index is 626. The van der Waals surface area contributed by atoms with Gasteiger partial charge in [0.05, 0.1) is 16.9 Å². The Labute approximate surface area is 140 Å². The number of aliphatic carboxylic acids is 1. The van der Waals surface area contributed by atoms with Crippen molar-refractivity contribution in [1.29, 1.82) is 0 Å². The molecule has 2 atom stereocenters. The highest BCUT2D eigenvalue weighted by molar-refractivity contribution is 7.14. The number of carbonyl (C=O) groups is 2. The molecular formula is C17H23NO4S. The third kappa shape index (κ3) is 2.78. The van der Waals surface area contributed by atoms with E-state index < -0.39 is 11.4 Å². The first kappa shape index (κ1) is 16.5. The number of aryl methyl sites for hydroxylation is 2. The summed E-state index contributed by atoms with van der Waals surface area (Å²) in [5.41, 5.74) is 0.403. The Morgan fingerprint density at radius 3 is 2.96 bits per heavy atom. The standard InChI is InChI=1S/C17H23NO4S/c1-3-4-12-7-14(23-11(12)2)15(19)18-8-13-9-22-6-5-17(13,10-18)16(20)21/h7,13H,3-6,8-10H2,1-2H3,(H,20,21)/t13-,17+/m0/s1. The topological polar surface area (TPSA) is 66.8 Å². The normalized spacial score (nSPS) is 27.0. The average molecular weight is 337 g/mol. The lowest BCUT2D eigenvalue weighted by Gasteiger charge is -2.33. The van der Waals surface area contributed by atoms with Crippen molar-refractivity contribution in [3.63, 3.8) is 0 Å². The van der Waals surface area contributed by atoms with Gasteiger partial charge in [-0.05, 0) is 31.4 Å². The third-order valence-electron chi connectivity index (χ3n) is 5.17. The van der Waals surface area contributed by atoms with Gasteiger partial charge in [0.15, 0.2) is 0 Å². The van der Waals surface area contributed by atoms with Gasteiger partial charge in [-0.25, -0.2) is 0 Å². The maximum Gasteiger partial charge on any atom is 0.311 e. The summed E-state index contributed by atoms with van der Waals surface area (Å²) in [5, 5.41) is 9.70. The summed E-state index contributed by atoms with van der Waals surface area (Å²) in [6.45, 7) is 5.84. The lowest BCUT2D eigenvalue weighted by atomic mass is 9.74. The van der Waals surface area contributed by atoms with Crippen LogP contribution in [0.5, 0.6) is 0 Å². The first-order valence-corrected chi connectivity index (χ1v) is 8.99. The second-order valence-corrected chi connectivity index (χ2v) is 7.87. The molecule has 0 radical (unpaired) electrons. The van der Waals surface area contributed by atoms with E-state index in [0.29, 0.717) is 32.7 Å². The summed E-state index contributed by atoms with van der Waals surface area (Å²) < 4.78 is 5.45. The molecule has 0 spiro atoms. The zero-order chi connectivity index (χ0) is 16.6. The fourth-order valence-electron chi connectivity index (χ4n) is 3.75. The molecule has 23 heavy (non-hydrogen) atoms. The zero-order valence-corrected chi connectivity index (χ0v) is 14.4. The lowest BCUT2D eigenvalue weighted by Crippen LogP contribution is -2.45. The minimum absolute atomic E-state index is 0.0320. The molecule has 126 valence electrons. The highest BCUT2D eigenvalue weighted by atomic mass is 32.1. The van der Waals surface area contributed by atoms with Crippen LogP contribution < -0.4 is 0 Å². The van der Waals surface area contributed by atoms with Gasteiger partial charge >= 0.3 is 5.97 Å². The van der Waals surface area contributed by atoms with Crippen LogP contribution in [0.15, 0.2) is 6.07 Å². The molecule has 1 aromatic rings. The number of hydrogen-bond acceptors (Lipinski definition) is 4. The molecule has 2 fully saturated rings. The van der Waals surface area contributed by atoms with Gasteiger partial charge in [0.1, 0.15) is 0 Å². The molecule has 2 aliphatic heterocycles. The van der Waals surface area contributed by atoms with E-state index in [9.17, 15) is 14.7 Å². The number of rotatable bonds is 4. The van der Waals surface area contributed by atoms with Gasteiger partial charge < -0.3 is 14.7 Å². The first-order valence-electron chi connectivity index (χ1n) is 8.17. The van der Waals surface area contributed by atoms with E-state index in [4.69, 9.17) is 4.74 Å². The molecule has 3 heterocycles. The van der Waals surface area contributed by atoms with Crippen molar-refractivity contribution in [3.05, 3.63) is 21.4 Å². The molecule has 1 aromatic heterocycles. The van der Waals surface area contributed by atoms with Crippen LogP contribution in [-0.4, -0.2) is 48.2 Å². The Kier molecular flexibility index (Phi) is 4.47. The van der Waals surface area contributed by atoms with Crippen molar-refractivity contribution < 1.29 is 19.4 Å². The number of carbonyl (C=O) groups excluding carboxylic acids is 1. The summed E-state index contributed by atoms with van der Waals surface area (Å²) in [7, 11) is 0. The van der Waals surface area contributed by atoms with E-state index in [1.54, 1.807) is 4.90 Å². The Morgan fingerprint density at radius 1 is 1.52 bits per heavy atom. The molecule has 0 saturated carbocycles. The number of carboxylic acids is 1. The summed E-state index contributed by atoms with van der Waals surface area (Å²) in [5.74, 6) is -0.931. The van der Waals surface area contributed by atoms with E-state index in [2.05, 4.69) is 6.92 Å². The zero-order valence-electron chi connectivity index (χ0n) is 13.6. The largest absolute Gasteiger partial charge is 0.481 e. The molecule has 1 amide bonds. The van der Waals surface area contributed by atoms with Crippen molar-refractivity contribution in [2.75, 3.05) is 26.3 Å². The van der Waals surface area contributed by atoms with Crippen LogP contribution in [0, 0.1) is 18.3 Å². The Hall–Kier alpha value is -1.40. The SMILES string of the molecule is CCCc1cc(C(=O)N2C[C@H]3COCC[C@@]3(C(=O)O)C2)sc1C. The van der Waals surface area contributed by atoms with E-state index in [-0.39, 0.29) is 11.8 Å². The van der Waals surface area contributed by atoms with E-state index in [1.807, 2.05) is 13.0 Å². The molecule has 0 bridgehead atoms. The Morgan fingerprint density at radius 2 is 2.30 bits per heavy atom. The van der Waals surface area contributed by atoms with E-state index in [0.717, 1.165) is 17.7 Å². The van der Waals surface area contributed by atoms with Crippen LogP contribution in [0.4, 0.5) is 0 Å². The van der Waals surface area contributed by atoms with Crippen LogP contribution in [0.3, 0.4) is 0 Å². The smallest absolute Gasteiger partial charge is 0.311 e. The minimum Gasteiger partial charge on any atom is -0.481 e. The molecule has 0 aromatic carbocycles. The highest BCUT2D eigenvalue weighted by Crippen LogP contribution is 2.43. The molecule has 2 saturated heterocycles. The van der Waals surface area contributed by atoms with Crippen LogP contribution in [0.1, 0.15) is 39.9 Å². The van der Waals surface area contributed by atoms with Gasteiger partial charge in [0, 0.05) is 30.5 Å². The molecule has 0 aliphatic carbocycles. The molecular weight excluding hydrogens is 314 g/mol. The predicted molar refractivity (Wildman–Crippen MR) is 87.9 cm³/mol. The van der Waals surface area contributed by atoms with Gasteiger partial charge in [0.25, 0.3) is 5.91 Å². The number of amides is 1. The molecule has 2 aliphatic rings. The number of nitrogens with zero attached hydrogens (tertiary/aromatic N) is 1. The monoisotopic (exact) mass is 337 g/mol. The van der Waals surface area contributed by atoms with Crippen molar-refractivity contribution in [2.24, 2.45) is 11.3 Å². The van der Waals surface area contributed by atoms with Crippen molar-refractivity contribution in [1.82, 2.24) is 4.90 Å². The van der Waals surface area contributed by atoms with Crippen molar-refractivity contribution in [2.45, 2.75) is 33.1 Å². The Balaban J connectivity index is 1.81. The van der Waals surface area contributed by atoms with Gasteiger partial charge in [-0.2, -0.15) is 0 Å². The summed E-state index contributed by atoms with van der Waals surface area (Å²) in [6.07, 6.45) is 2.52. The van der Waals surface area contributed by atoms with Crippen LogP contribution in [0.2, 0.25) is 0 Å². The lowest BCUT2D eigenvalue weighted by molar-refractivity contribution is -0.157. The van der Waals surface area contributed by atoms with Gasteiger partial charge in [-0.15, -0.1) is 11.3 Å². The van der Waals surface area contributed by atoms with Gasteiger partial charge in [-0.1, -0.05) is 13.3 Å². The maximum absolute atomic E-state index is 12.8.